The van der Waals surface area contributed by atoms with Crippen LogP contribution in [0, 0.1) is 11.7 Å². The predicted molar refractivity (Wildman–Crippen MR) is 79.9 cm³/mol. The van der Waals surface area contributed by atoms with Gasteiger partial charge in [0.1, 0.15) is 11.6 Å². The normalized spacial score (nSPS) is 26.3. The third-order valence-corrected chi connectivity index (χ3v) is 4.61. The van der Waals surface area contributed by atoms with Gasteiger partial charge in [-0.15, -0.1) is 0 Å². The van der Waals surface area contributed by atoms with Crippen molar-refractivity contribution < 1.29 is 13.6 Å². The van der Waals surface area contributed by atoms with Gasteiger partial charge >= 0.3 is 0 Å². The molecule has 0 radical (unpaired) electrons. The molecule has 1 aliphatic heterocycles. The fourth-order valence-electron chi connectivity index (χ4n) is 3.52. The van der Waals surface area contributed by atoms with E-state index in [1.807, 2.05) is 0 Å². The molecule has 1 amide bonds. The highest BCUT2D eigenvalue weighted by Crippen LogP contribution is 2.31. The van der Waals surface area contributed by atoms with E-state index in [0.29, 0.717) is 23.3 Å². The number of amides is 1. The van der Waals surface area contributed by atoms with E-state index in [1.165, 1.54) is 6.07 Å². The van der Waals surface area contributed by atoms with Crippen molar-refractivity contribution >= 4 is 5.91 Å². The van der Waals surface area contributed by atoms with Crippen LogP contribution >= 0.6 is 0 Å². The largest absolute Gasteiger partial charge is 0.451 e. The summed E-state index contributed by atoms with van der Waals surface area (Å²) in [5, 5.41) is 6.42. The van der Waals surface area contributed by atoms with Crippen LogP contribution in [0.3, 0.4) is 0 Å². The molecular formula is C17H17FN2O2. The third kappa shape index (κ3) is 2.31. The maximum Gasteiger partial charge on any atom is 0.287 e. The Bertz CT molecular complexity index is 712. The van der Waals surface area contributed by atoms with Gasteiger partial charge in [-0.1, -0.05) is 12.1 Å². The molecule has 1 aromatic carbocycles. The first-order valence-electron chi connectivity index (χ1n) is 7.59. The van der Waals surface area contributed by atoms with Crippen LogP contribution < -0.4 is 10.6 Å². The van der Waals surface area contributed by atoms with Crippen LogP contribution in [0.5, 0.6) is 0 Å². The molecule has 4 nitrogen and oxygen atoms in total. The van der Waals surface area contributed by atoms with E-state index in [0.717, 1.165) is 19.4 Å². The lowest BCUT2D eigenvalue weighted by molar-refractivity contribution is 0.0901. The minimum Gasteiger partial charge on any atom is -0.451 e. The Morgan fingerprint density at radius 3 is 2.82 bits per heavy atom. The van der Waals surface area contributed by atoms with Crippen molar-refractivity contribution in [3.05, 3.63) is 48.0 Å². The van der Waals surface area contributed by atoms with Crippen molar-refractivity contribution in [2.45, 2.75) is 24.9 Å². The second kappa shape index (κ2) is 5.25. The molecule has 2 aliphatic rings. The van der Waals surface area contributed by atoms with Crippen LogP contribution in [0.25, 0.3) is 11.3 Å². The molecule has 0 spiro atoms. The van der Waals surface area contributed by atoms with Crippen molar-refractivity contribution in [3.63, 3.8) is 0 Å². The zero-order valence-electron chi connectivity index (χ0n) is 12.0. The summed E-state index contributed by atoms with van der Waals surface area (Å²) in [5.41, 5.74) is 0.364. The monoisotopic (exact) mass is 300 g/mol. The molecule has 2 bridgehead atoms. The van der Waals surface area contributed by atoms with Gasteiger partial charge in [0.15, 0.2) is 5.76 Å². The molecule has 1 aromatic heterocycles. The molecule has 114 valence electrons. The summed E-state index contributed by atoms with van der Waals surface area (Å²) in [6, 6.07) is 10.1. The van der Waals surface area contributed by atoms with Gasteiger partial charge in [-0.05, 0) is 49.6 Å². The number of hydrogen-bond donors (Lipinski definition) is 2. The maximum atomic E-state index is 13.7. The molecule has 1 saturated carbocycles. The molecule has 1 saturated heterocycles. The molecule has 1 aliphatic carbocycles. The average Bonchev–Trinajstić information content (AvgIpc) is 3.24. The van der Waals surface area contributed by atoms with Crippen molar-refractivity contribution in [2.24, 2.45) is 5.92 Å². The number of rotatable bonds is 3. The number of fused-ring (bicyclic) bond motifs is 2. The third-order valence-electron chi connectivity index (χ3n) is 4.61. The van der Waals surface area contributed by atoms with E-state index in [-0.39, 0.29) is 23.5 Å². The summed E-state index contributed by atoms with van der Waals surface area (Å²) >= 11 is 0. The molecule has 22 heavy (non-hydrogen) atoms. The van der Waals surface area contributed by atoms with E-state index in [9.17, 15) is 9.18 Å². The van der Waals surface area contributed by atoms with Crippen LogP contribution in [0.15, 0.2) is 40.8 Å². The van der Waals surface area contributed by atoms with Crippen molar-refractivity contribution in [1.29, 1.82) is 0 Å². The topological polar surface area (TPSA) is 54.3 Å². The minimum atomic E-state index is -0.360. The first-order chi connectivity index (χ1) is 10.7. The van der Waals surface area contributed by atoms with Gasteiger partial charge in [0.05, 0.1) is 5.56 Å². The molecule has 2 heterocycles. The summed E-state index contributed by atoms with van der Waals surface area (Å²) in [6.45, 7) is 1.05. The summed E-state index contributed by atoms with van der Waals surface area (Å²) in [4.78, 5) is 12.3. The first kappa shape index (κ1) is 13.5. The van der Waals surface area contributed by atoms with Gasteiger partial charge in [0.25, 0.3) is 5.91 Å². The van der Waals surface area contributed by atoms with Gasteiger partial charge in [0, 0.05) is 12.1 Å². The summed E-state index contributed by atoms with van der Waals surface area (Å²) < 4.78 is 19.3. The smallest absolute Gasteiger partial charge is 0.287 e. The SMILES string of the molecule is O=C(NC1CC2CNC1C2)c1ccc(-c2ccccc2F)o1. The van der Waals surface area contributed by atoms with E-state index in [4.69, 9.17) is 4.42 Å². The quantitative estimate of drug-likeness (QED) is 0.916. The summed E-state index contributed by atoms with van der Waals surface area (Å²) in [6.07, 6.45) is 2.15. The van der Waals surface area contributed by atoms with Crippen LogP contribution in [-0.2, 0) is 0 Å². The molecule has 3 atom stereocenters. The average molecular weight is 300 g/mol. The lowest BCUT2D eigenvalue weighted by atomic mass is 10.1. The number of benzene rings is 1. The predicted octanol–water partition coefficient (Wildman–Crippen LogP) is 2.57. The summed E-state index contributed by atoms with van der Waals surface area (Å²) in [5.74, 6) is 0.666. The summed E-state index contributed by atoms with van der Waals surface area (Å²) in [7, 11) is 0. The van der Waals surface area contributed by atoms with E-state index >= 15 is 0 Å². The second-order valence-electron chi connectivity index (χ2n) is 6.08. The number of hydrogen-bond acceptors (Lipinski definition) is 3. The van der Waals surface area contributed by atoms with Crippen LogP contribution in [-0.4, -0.2) is 24.5 Å². The van der Waals surface area contributed by atoms with Crippen molar-refractivity contribution in [3.8, 4) is 11.3 Å². The molecule has 2 fully saturated rings. The Morgan fingerprint density at radius 1 is 1.23 bits per heavy atom. The Kier molecular flexibility index (Phi) is 3.22. The molecule has 2 aromatic rings. The van der Waals surface area contributed by atoms with Crippen molar-refractivity contribution in [2.75, 3.05) is 6.54 Å². The number of carbonyl (C=O) groups is 1. The second-order valence-corrected chi connectivity index (χ2v) is 6.08. The van der Waals surface area contributed by atoms with E-state index in [2.05, 4.69) is 10.6 Å². The van der Waals surface area contributed by atoms with Crippen LogP contribution in [0.4, 0.5) is 4.39 Å². The van der Waals surface area contributed by atoms with Crippen LogP contribution in [0.2, 0.25) is 0 Å². The molecule has 4 rings (SSSR count). The fourth-order valence-corrected chi connectivity index (χ4v) is 3.52. The van der Waals surface area contributed by atoms with Crippen LogP contribution in [0.1, 0.15) is 23.4 Å². The number of carbonyl (C=O) groups excluding carboxylic acids is 1. The minimum absolute atomic E-state index is 0.160. The number of nitrogens with one attached hydrogen (secondary N) is 2. The Labute approximate surface area is 127 Å². The number of halogens is 1. The van der Waals surface area contributed by atoms with Gasteiger partial charge < -0.3 is 15.1 Å². The molecule has 2 N–H and O–H groups in total. The van der Waals surface area contributed by atoms with E-state index < -0.39 is 0 Å². The highest BCUT2D eigenvalue weighted by atomic mass is 19.1. The van der Waals surface area contributed by atoms with Gasteiger partial charge in [-0.2, -0.15) is 0 Å². The molecule has 3 unspecified atom stereocenters. The highest BCUT2D eigenvalue weighted by Gasteiger charge is 2.40. The lowest BCUT2D eigenvalue weighted by Crippen LogP contribution is -2.47. The molecule has 5 heteroatoms. The Hall–Kier alpha value is -2.14. The standard InChI is InChI=1S/C17H17FN2O2/c18-12-4-2-1-3-11(12)15-5-6-16(22-15)17(21)20-14-8-10-7-13(14)19-9-10/h1-6,10,13-14,19H,7-9H2,(H,20,21). The van der Waals surface area contributed by atoms with E-state index in [1.54, 1.807) is 30.3 Å². The van der Waals surface area contributed by atoms with Gasteiger partial charge in [-0.25, -0.2) is 4.39 Å². The Balaban J connectivity index is 1.49. The van der Waals surface area contributed by atoms with Gasteiger partial charge in [-0.3, -0.25) is 4.79 Å². The highest BCUT2D eigenvalue weighted by molar-refractivity contribution is 5.92. The Morgan fingerprint density at radius 2 is 2.09 bits per heavy atom. The molecular weight excluding hydrogens is 283 g/mol. The maximum absolute atomic E-state index is 13.7. The van der Waals surface area contributed by atoms with Crippen molar-refractivity contribution in [1.82, 2.24) is 10.6 Å². The first-order valence-corrected chi connectivity index (χ1v) is 7.59. The van der Waals surface area contributed by atoms with Gasteiger partial charge in [0.2, 0.25) is 0 Å². The number of piperidine rings is 1. The number of furan rings is 1. The fraction of sp³-hybridized carbons (Fsp3) is 0.353. The zero-order chi connectivity index (χ0) is 15.1. The lowest BCUT2D eigenvalue weighted by Gasteiger charge is -2.23. The zero-order valence-corrected chi connectivity index (χ0v) is 12.0.